The predicted molar refractivity (Wildman–Crippen MR) is 114 cm³/mol. The molecule has 3 rings (SSSR count). The van der Waals surface area contributed by atoms with Gasteiger partial charge in [0.1, 0.15) is 11.4 Å². The van der Waals surface area contributed by atoms with Crippen molar-refractivity contribution in [3.8, 4) is 0 Å². The van der Waals surface area contributed by atoms with Crippen molar-refractivity contribution in [1.82, 2.24) is 4.98 Å². The molecule has 1 aliphatic rings. The van der Waals surface area contributed by atoms with Crippen molar-refractivity contribution in [2.75, 3.05) is 5.73 Å². The quantitative estimate of drug-likeness (QED) is 0.192. The summed E-state index contributed by atoms with van der Waals surface area (Å²) in [5.74, 6) is 1.08. The lowest BCUT2D eigenvalue weighted by Gasteiger charge is -2.16. The number of carboxylic acids is 1. The van der Waals surface area contributed by atoms with Gasteiger partial charge in [-0.3, -0.25) is 0 Å². The number of benzene rings is 1. The number of nitrogens with zero attached hydrogens (tertiary/aromatic N) is 2. The lowest BCUT2D eigenvalue weighted by atomic mass is 10.1. The zero-order valence-corrected chi connectivity index (χ0v) is 17.0. The third-order valence-electron chi connectivity index (χ3n) is 3.84. The Morgan fingerprint density at radius 3 is 2.62 bits per heavy atom. The highest BCUT2D eigenvalue weighted by Gasteiger charge is 2.30. The number of hydrogen-bond donors (Lipinski definition) is 4. The van der Waals surface area contributed by atoms with Gasteiger partial charge >= 0.3 is 5.97 Å². The number of rotatable bonds is 6. The molecule has 0 bridgehead atoms. The number of thiazole rings is 1. The first-order valence-electron chi connectivity index (χ1n) is 7.92. The van der Waals surface area contributed by atoms with Gasteiger partial charge in [0.2, 0.25) is 5.60 Å². The van der Waals surface area contributed by atoms with Crippen LogP contribution in [0.5, 0.6) is 0 Å². The maximum absolute atomic E-state index is 11.2. The molecule has 6 nitrogen and oxygen atoms in total. The molecule has 2 aromatic rings. The van der Waals surface area contributed by atoms with Crippen molar-refractivity contribution < 1.29 is 14.7 Å². The Kier molecular flexibility index (Phi) is 5.69. The molecule has 0 atom stereocenters. The molecule has 0 saturated heterocycles. The summed E-state index contributed by atoms with van der Waals surface area (Å²) in [6.07, 6.45) is 0. The highest BCUT2D eigenvalue weighted by Crippen LogP contribution is 2.48. The van der Waals surface area contributed by atoms with Gasteiger partial charge in [0.15, 0.2) is 5.13 Å². The maximum Gasteiger partial charge on any atom is 0.350 e. The lowest BCUT2D eigenvalue weighted by molar-refractivity contribution is -0.161. The van der Waals surface area contributed by atoms with Gasteiger partial charge in [0.25, 0.3) is 0 Å². The molecule has 9 heteroatoms. The fraction of sp³-hybridized carbons (Fsp3) is 0.294. The van der Waals surface area contributed by atoms with E-state index in [9.17, 15) is 9.90 Å². The molecule has 140 valence electrons. The van der Waals surface area contributed by atoms with E-state index < -0.39 is 11.6 Å². The molecule has 0 unspecified atom stereocenters. The summed E-state index contributed by atoms with van der Waals surface area (Å²) >= 11 is 1.32. The normalized spacial score (nSPS) is 16.4. The summed E-state index contributed by atoms with van der Waals surface area (Å²) in [4.78, 5) is 20.8. The minimum atomic E-state index is -1.41. The van der Waals surface area contributed by atoms with Gasteiger partial charge in [-0.2, -0.15) is 10.4 Å². The second-order valence-electron chi connectivity index (χ2n) is 6.29. The number of carboxylic acid groups (broad SMARTS) is 1. The molecular formula is C17H21N3O3S3. The predicted octanol–water partition coefficient (Wildman–Crippen LogP) is 3.21. The van der Waals surface area contributed by atoms with Gasteiger partial charge in [-0.15, -0.1) is 11.3 Å². The molecule has 0 fully saturated rings. The SMILES string of the molecule is CC(C)(O/N=C(\C=[SH]/[SH]1Cc2ccccc2C1)c1csc(N)n1)C(=O)O. The number of aliphatic carboxylic acids is 1. The Bertz CT molecular complexity index is 852. The third kappa shape index (κ3) is 4.46. The van der Waals surface area contributed by atoms with Crippen LogP contribution < -0.4 is 5.73 Å². The number of hydrogen-bond acceptors (Lipinski definition) is 6. The van der Waals surface area contributed by atoms with Gasteiger partial charge in [0.05, 0.1) is 0 Å². The smallest absolute Gasteiger partial charge is 0.350 e. The van der Waals surface area contributed by atoms with Crippen LogP contribution >= 0.6 is 31.6 Å². The number of aromatic nitrogens is 1. The van der Waals surface area contributed by atoms with Crippen LogP contribution in [0.1, 0.15) is 30.7 Å². The van der Waals surface area contributed by atoms with Crippen LogP contribution in [-0.2, 0) is 21.1 Å². The van der Waals surface area contributed by atoms with Crippen LogP contribution in [0.25, 0.3) is 0 Å². The molecule has 0 radical (unpaired) electrons. The number of fused-ring (bicyclic) bond motifs is 1. The van der Waals surface area contributed by atoms with Crippen LogP contribution in [0.15, 0.2) is 34.8 Å². The standard InChI is InChI=1S/C17H21N3O3S3/c1-17(2,15(21)22)23-20-14(13-7-24-16(18)19-13)8-25-26-9-11-5-3-4-6-12(11)10-26/h3-8,25-26H,9-10H2,1-2H3,(H2,18,19)(H,21,22)/b20-14+. The van der Waals surface area contributed by atoms with Gasteiger partial charge < -0.3 is 15.7 Å². The van der Waals surface area contributed by atoms with E-state index in [-0.39, 0.29) is 9.93 Å². The van der Waals surface area contributed by atoms with E-state index in [2.05, 4.69) is 34.4 Å². The Morgan fingerprint density at radius 2 is 2.08 bits per heavy atom. The zero-order chi connectivity index (χ0) is 18.7. The second-order valence-corrected chi connectivity index (χ2v) is 11.7. The van der Waals surface area contributed by atoms with Crippen molar-refractivity contribution in [3.63, 3.8) is 0 Å². The average Bonchev–Trinajstić information content (AvgIpc) is 3.20. The van der Waals surface area contributed by atoms with Gasteiger partial charge in [-0.1, -0.05) is 29.4 Å². The van der Waals surface area contributed by atoms with Crippen molar-refractivity contribution in [1.29, 1.82) is 0 Å². The van der Waals surface area contributed by atoms with Crippen molar-refractivity contribution in [3.05, 3.63) is 46.5 Å². The second kappa shape index (κ2) is 7.81. The Labute approximate surface area is 161 Å². The summed E-state index contributed by atoms with van der Waals surface area (Å²) < 4.78 is 0. The summed E-state index contributed by atoms with van der Waals surface area (Å²) in [5.41, 5.74) is 8.27. The first kappa shape index (κ1) is 18.9. The van der Waals surface area contributed by atoms with E-state index in [1.807, 2.05) is 5.37 Å². The summed E-state index contributed by atoms with van der Waals surface area (Å²) in [6.45, 7) is 2.92. The first-order chi connectivity index (χ1) is 12.3. The number of thiol groups is 2. The van der Waals surface area contributed by atoms with Crippen LogP contribution in [0.2, 0.25) is 0 Å². The van der Waals surface area contributed by atoms with Gasteiger partial charge in [-0.25, -0.2) is 19.7 Å². The number of nitrogens with two attached hydrogens (primary N) is 1. The van der Waals surface area contributed by atoms with Crippen LogP contribution in [-0.4, -0.2) is 32.7 Å². The molecule has 2 heterocycles. The Balaban J connectivity index is 1.79. The van der Waals surface area contributed by atoms with Crippen molar-refractivity contribution in [2.24, 2.45) is 5.16 Å². The molecular weight excluding hydrogens is 390 g/mol. The molecule has 0 saturated carbocycles. The lowest BCUT2D eigenvalue weighted by Crippen LogP contribution is -2.33. The van der Waals surface area contributed by atoms with Gasteiger partial charge in [-0.05, 0) is 30.3 Å². The van der Waals surface area contributed by atoms with Crippen LogP contribution in [0.3, 0.4) is 0 Å². The molecule has 3 N–H and O–H groups in total. The molecule has 26 heavy (non-hydrogen) atoms. The fourth-order valence-electron chi connectivity index (χ4n) is 2.28. The summed E-state index contributed by atoms with van der Waals surface area (Å²) in [6, 6.07) is 8.51. The number of carbonyl (C=O) groups is 1. The van der Waals surface area contributed by atoms with Gasteiger partial charge in [0, 0.05) is 16.9 Å². The molecule has 0 spiro atoms. The third-order valence-corrected chi connectivity index (χ3v) is 8.79. The monoisotopic (exact) mass is 411 g/mol. The minimum Gasteiger partial charge on any atom is -0.478 e. The molecule has 0 aliphatic carbocycles. The molecule has 1 aromatic carbocycles. The van der Waals surface area contributed by atoms with Crippen molar-refractivity contribution >= 4 is 53.8 Å². The van der Waals surface area contributed by atoms with E-state index >= 15 is 0 Å². The molecule has 0 amide bonds. The summed E-state index contributed by atoms with van der Waals surface area (Å²) in [5, 5.41) is 17.5. The summed E-state index contributed by atoms with van der Waals surface area (Å²) in [7, 11) is 0.923. The van der Waals surface area contributed by atoms with Crippen LogP contribution in [0, 0.1) is 0 Å². The Morgan fingerprint density at radius 1 is 1.42 bits per heavy atom. The molecule has 1 aliphatic heterocycles. The maximum atomic E-state index is 11.2. The Hall–Kier alpha value is -1.84. The topological polar surface area (TPSA) is 97.8 Å². The largest absolute Gasteiger partial charge is 0.478 e. The van der Waals surface area contributed by atoms with E-state index in [0.717, 1.165) is 21.9 Å². The number of oxime groups is 1. The minimum absolute atomic E-state index is 0.231. The zero-order valence-electron chi connectivity index (χ0n) is 14.4. The van der Waals surface area contributed by atoms with Crippen LogP contribution in [0.4, 0.5) is 5.13 Å². The molecule has 1 aromatic heterocycles. The van der Waals surface area contributed by atoms with E-state index in [1.165, 1.54) is 36.3 Å². The van der Waals surface area contributed by atoms with E-state index in [4.69, 9.17) is 10.6 Å². The van der Waals surface area contributed by atoms with E-state index in [1.54, 1.807) is 5.38 Å². The number of nitrogen functional groups attached to an aromatic ring is 1. The fourth-order valence-corrected chi connectivity index (χ4v) is 7.19. The highest BCUT2D eigenvalue weighted by atomic mass is 33.1. The van der Waals surface area contributed by atoms with Crippen molar-refractivity contribution in [2.45, 2.75) is 31.0 Å². The highest BCUT2D eigenvalue weighted by molar-refractivity contribution is 8.83. The first-order valence-corrected chi connectivity index (χ1v) is 12.2. The average molecular weight is 412 g/mol. The number of anilines is 1. The van der Waals surface area contributed by atoms with E-state index in [0.29, 0.717) is 16.5 Å².